The first-order valence-electron chi connectivity index (χ1n) is 6.87. The van der Waals surface area contributed by atoms with E-state index in [1.54, 1.807) is 7.11 Å². The number of thioether (sulfide) groups is 1. The van der Waals surface area contributed by atoms with E-state index in [1.165, 1.54) is 5.56 Å². The Morgan fingerprint density at radius 2 is 2.05 bits per heavy atom. The topological polar surface area (TPSA) is 38.5 Å². The van der Waals surface area contributed by atoms with Crippen molar-refractivity contribution in [2.24, 2.45) is 5.73 Å². The summed E-state index contributed by atoms with van der Waals surface area (Å²) >= 11 is 2.07. The summed E-state index contributed by atoms with van der Waals surface area (Å²) in [5.41, 5.74) is 7.29. The van der Waals surface area contributed by atoms with Gasteiger partial charge in [0.25, 0.3) is 0 Å². The van der Waals surface area contributed by atoms with E-state index < -0.39 is 0 Å². The van der Waals surface area contributed by atoms with Crippen LogP contribution in [0.1, 0.15) is 25.5 Å². The number of ether oxygens (including phenoxy) is 1. The Bertz CT molecular complexity index is 403. The van der Waals surface area contributed by atoms with Crippen LogP contribution in [0, 0.1) is 0 Å². The molecule has 2 rings (SSSR count). The van der Waals surface area contributed by atoms with Crippen molar-refractivity contribution in [1.82, 2.24) is 4.90 Å². The number of benzene rings is 1. The Labute approximate surface area is 120 Å². The third-order valence-corrected chi connectivity index (χ3v) is 4.82. The third kappa shape index (κ3) is 3.65. The molecule has 1 fully saturated rings. The molecule has 3 nitrogen and oxygen atoms in total. The fourth-order valence-corrected chi connectivity index (χ4v) is 4.17. The molecule has 1 aliphatic heterocycles. The lowest BCUT2D eigenvalue weighted by molar-refractivity contribution is 0.199. The summed E-state index contributed by atoms with van der Waals surface area (Å²) in [6.07, 6.45) is 0. The van der Waals surface area contributed by atoms with Crippen LogP contribution in [0.2, 0.25) is 0 Å². The molecular formula is C15H24N2OS. The lowest BCUT2D eigenvalue weighted by Gasteiger charge is -2.39. The highest BCUT2D eigenvalue weighted by Gasteiger charge is 2.28. The molecule has 4 heteroatoms. The largest absolute Gasteiger partial charge is 0.497 e. The van der Waals surface area contributed by atoms with Crippen LogP contribution >= 0.6 is 11.8 Å². The van der Waals surface area contributed by atoms with Crippen LogP contribution in [0.15, 0.2) is 24.3 Å². The van der Waals surface area contributed by atoms with Crippen LogP contribution in [-0.4, -0.2) is 42.1 Å². The van der Waals surface area contributed by atoms with E-state index >= 15 is 0 Å². The Morgan fingerprint density at radius 1 is 1.37 bits per heavy atom. The van der Waals surface area contributed by atoms with Gasteiger partial charge >= 0.3 is 0 Å². The Morgan fingerprint density at radius 3 is 2.63 bits per heavy atom. The van der Waals surface area contributed by atoms with Crippen molar-refractivity contribution in [1.29, 1.82) is 0 Å². The van der Waals surface area contributed by atoms with Gasteiger partial charge in [0, 0.05) is 36.2 Å². The average Bonchev–Trinajstić information content (AvgIpc) is 2.39. The fraction of sp³-hybridized carbons (Fsp3) is 0.600. The highest BCUT2D eigenvalue weighted by molar-refractivity contribution is 8.00. The monoisotopic (exact) mass is 280 g/mol. The summed E-state index contributed by atoms with van der Waals surface area (Å²) in [7, 11) is 1.71. The number of hydrogen-bond donors (Lipinski definition) is 1. The van der Waals surface area contributed by atoms with Gasteiger partial charge in [0.15, 0.2) is 0 Å². The molecule has 3 unspecified atom stereocenters. The van der Waals surface area contributed by atoms with E-state index in [4.69, 9.17) is 10.5 Å². The van der Waals surface area contributed by atoms with Gasteiger partial charge in [0.2, 0.25) is 0 Å². The summed E-state index contributed by atoms with van der Waals surface area (Å²) in [6, 6.07) is 8.57. The van der Waals surface area contributed by atoms with Gasteiger partial charge < -0.3 is 10.5 Å². The van der Waals surface area contributed by atoms with E-state index in [-0.39, 0.29) is 0 Å². The molecule has 0 amide bonds. The summed E-state index contributed by atoms with van der Waals surface area (Å²) in [5, 5.41) is 1.34. The maximum Gasteiger partial charge on any atom is 0.119 e. The number of rotatable bonds is 4. The van der Waals surface area contributed by atoms with E-state index in [0.29, 0.717) is 23.1 Å². The zero-order valence-electron chi connectivity index (χ0n) is 12.0. The maximum atomic E-state index is 6.03. The van der Waals surface area contributed by atoms with Gasteiger partial charge in [-0.1, -0.05) is 26.0 Å². The first kappa shape index (κ1) is 14.7. The summed E-state index contributed by atoms with van der Waals surface area (Å²) in [5.74, 6) is 0.906. The van der Waals surface area contributed by atoms with Crippen molar-refractivity contribution in [3.8, 4) is 5.75 Å². The van der Waals surface area contributed by atoms with Gasteiger partial charge in [0.05, 0.1) is 7.11 Å². The molecule has 0 radical (unpaired) electrons. The zero-order chi connectivity index (χ0) is 13.8. The number of nitrogens with zero attached hydrogens (tertiary/aromatic N) is 1. The lowest BCUT2D eigenvalue weighted by Crippen LogP contribution is -2.44. The number of hydrogen-bond acceptors (Lipinski definition) is 4. The Kier molecular flexibility index (Phi) is 5.13. The smallest absolute Gasteiger partial charge is 0.119 e. The molecule has 0 bridgehead atoms. The van der Waals surface area contributed by atoms with Crippen LogP contribution in [0.25, 0.3) is 0 Å². The highest BCUT2D eigenvalue weighted by atomic mass is 32.2. The van der Waals surface area contributed by atoms with Crippen molar-refractivity contribution in [2.45, 2.75) is 30.4 Å². The van der Waals surface area contributed by atoms with E-state index in [9.17, 15) is 0 Å². The van der Waals surface area contributed by atoms with Crippen molar-refractivity contribution >= 4 is 11.8 Å². The van der Waals surface area contributed by atoms with Crippen LogP contribution in [0.3, 0.4) is 0 Å². The second-order valence-corrected chi connectivity index (χ2v) is 7.12. The van der Waals surface area contributed by atoms with Crippen molar-refractivity contribution in [3.05, 3.63) is 29.8 Å². The quantitative estimate of drug-likeness (QED) is 0.920. The number of methoxy groups -OCH3 is 1. The van der Waals surface area contributed by atoms with E-state index in [2.05, 4.69) is 42.6 Å². The average molecular weight is 280 g/mol. The predicted molar refractivity (Wildman–Crippen MR) is 82.9 cm³/mol. The summed E-state index contributed by atoms with van der Waals surface area (Å²) in [6.45, 7) is 7.46. The molecule has 1 aromatic rings. The summed E-state index contributed by atoms with van der Waals surface area (Å²) < 4.78 is 5.32. The van der Waals surface area contributed by atoms with Crippen LogP contribution in [0.4, 0.5) is 0 Å². The molecule has 0 saturated carbocycles. The van der Waals surface area contributed by atoms with Crippen LogP contribution in [0.5, 0.6) is 5.75 Å². The number of nitrogens with two attached hydrogens (primary N) is 1. The molecular weight excluding hydrogens is 256 g/mol. The third-order valence-electron chi connectivity index (χ3n) is 3.59. The van der Waals surface area contributed by atoms with Crippen molar-refractivity contribution in [3.63, 3.8) is 0 Å². The molecule has 1 saturated heterocycles. The van der Waals surface area contributed by atoms with Crippen molar-refractivity contribution < 1.29 is 4.74 Å². The van der Waals surface area contributed by atoms with Gasteiger partial charge in [-0.2, -0.15) is 11.8 Å². The Hall–Kier alpha value is -0.710. The van der Waals surface area contributed by atoms with E-state index in [1.807, 2.05) is 12.1 Å². The van der Waals surface area contributed by atoms with Gasteiger partial charge in [-0.05, 0) is 17.7 Å². The molecule has 1 aliphatic rings. The first-order valence-corrected chi connectivity index (χ1v) is 7.81. The van der Waals surface area contributed by atoms with Gasteiger partial charge in [-0.15, -0.1) is 0 Å². The molecule has 0 aliphatic carbocycles. The van der Waals surface area contributed by atoms with Crippen LogP contribution in [-0.2, 0) is 0 Å². The first-order chi connectivity index (χ1) is 9.13. The Balaban J connectivity index is 2.18. The molecule has 19 heavy (non-hydrogen) atoms. The standard InChI is InChI=1S/C15H24N2OS/c1-11-9-17(10-12(2)19-11)15(8-16)13-5-4-6-14(7-13)18-3/h4-7,11-12,15H,8-10,16H2,1-3H3. The minimum atomic E-state index is 0.292. The molecule has 0 aromatic heterocycles. The summed E-state index contributed by atoms with van der Waals surface area (Å²) in [4.78, 5) is 2.51. The van der Waals surface area contributed by atoms with Gasteiger partial charge in [-0.25, -0.2) is 0 Å². The van der Waals surface area contributed by atoms with E-state index in [0.717, 1.165) is 18.8 Å². The van der Waals surface area contributed by atoms with Gasteiger partial charge in [0.1, 0.15) is 5.75 Å². The molecule has 3 atom stereocenters. The molecule has 1 heterocycles. The molecule has 106 valence electrons. The predicted octanol–water partition coefficient (Wildman–Crippen LogP) is 2.52. The molecule has 0 spiro atoms. The van der Waals surface area contributed by atoms with Crippen LogP contribution < -0.4 is 10.5 Å². The molecule has 1 aromatic carbocycles. The SMILES string of the molecule is COc1cccc(C(CN)N2CC(C)SC(C)C2)c1. The normalized spacial score (nSPS) is 26.1. The van der Waals surface area contributed by atoms with Gasteiger partial charge in [-0.3, -0.25) is 4.90 Å². The maximum absolute atomic E-state index is 6.03. The highest BCUT2D eigenvalue weighted by Crippen LogP contribution is 2.31. The molecule has 2 N–H and O–H groups in total. The second kappa shape index (κ2) is 6.64. The minimum absolute atomic E-state index is 0.292. The lowest BCUT2D eigenvalue weighted by atomic mass is 10.0. The van der Waals surface area contributed by atoms with Crippen molar-refractivity contribution in [2.75, 3.05) is 26.7 Å². The fourth-order valence-electron chi connectivity index (χ4n) is 2.82. The zero-order valence-corrected chi connectivity index (χ0v) is 12.8. The minimum Gasteiger partial charge on any atom is -0.497 e. The second-order valence-electron chi connectivity index (χ2n) is 5.24.